The monoisotopic (exact) mass is 271 g/mol. The maximum absolute atomic E-state index is 12.1. The molecule has 0 spiro atoms. The van der Waals surface area contributed by atoms with Crippen LogP contribution in [0.4, 0.5) is 5.95 Å². The third-order valence-corrected chi connectivity index (χ3v) is 3.38. The van der Waals surface area contributed by atoms with Crippen LogP contribution in [0, 0.1) is 0 Å². The molecule has 2 aromatic rings. The average molecular weight is 271 g/mol. The fourth-order valence-corrected chi connectivity index (χ4v) is 2.28. The van der Waals surface area contributed by atoms with Gasteiger partial charge in [0.2, 0.25) is 5.95 Å². The second-order valence-corrected chi connectivity index (χ2v) is 4.82. The molecule has 104 valence electrons. The molecule has 20 heavy (non-hydrogen) atoms. The zero-order chi connectivity index (χ0) is 13.8. The molecule has 0 saturated carbocycles. The molecule has 1 aromatic heterocycles. The van der Waals surface area contributed by atoms with Gasteiger partial charge >= 0.3 is 0 Å². The number of nitrogens with zero attached hydrogens (tertiary/aromatic N) is 3. The second-order valence-electron chi connectivity index (χ2n) is 4.82. The van der Waals surface area contributed by atoms with Crippen molar-refractivity contribution in [3.63, 3.8) is 0 Å². The summed E-state index contributed by atoms with van der Waals surface area (Å²) in [6.45, 7) is 3.47. The summed E-state index contributed by atoms with van der Waals surface area (Å²) in [7, 11) is 0. The van der Waals surface area contributed by atoms with E-state index in [1.807, 2.05) is 35.2 Å². The highest BCUT2D eigenvalue weighted by Crippen LogP contribution is 2.06. The summed E-state index contributed by atoms with van der Waals surface area (Å²) < 4.78 is 0. The number of nitrogens with one attached hydrogen (secondary N) is 2. The van der Waals surface area contributed by atoms with E-state index in [2.05, 4.69) is 20.5 Å². The quantitative estimate of drug-likeness (QED) is 0.832. The summed E-state index contributed by atoms with van der Waals surface area (Å²) in [5, 5.41) is 11.5. The smallest absolute Gasteiger partial charge is 0.274 e. The average Bonchev–Trinajstić information content (AvgIpc) is 2.51. The van der Waals surface area contributed by atoms with Gasteiger partial charge in [-0.15, -0.1) is 10.2 Å². The zero-order valence-corrected chi connectivity index (χ0v) is 11.2. The molecule has 0 unspecified atom stereocenters. The summed E-state index contributed by atoms with van der Waals surface area (Å²) in [5.41, 5.74) is 1.36. The minimum absolute atomic E-state index is 0.155. The molecule has 0 atom stereocenters. The van der Waals surface area contributed by atoms with Crippen molar-refractivity contribution in [2.45, 2.75) is 6.42 Å². The molecule has 1 aliphatic heterocycles. The Labute approximate surface area is 116 Å². The van der Waals surface area contributed by atoms with Crippen LogP contribution >= 0.6 is 0 Å². The lowest BCUT2D eigenvalue weighted by atomic mass is 10.1. The number of piperazine rings is 1. The summed E-state index contributed by atoms with van der Waals surface area (Å²) in [6, 6.07) is 9.81. The summed E-state index contributed by atoms with van der Waals surface area (Å²) >= 11 is 0. The van der Waals surface area contributed by atoms with Crippen molar-refractivity contribution in [2.24, 2.45) is 0 Å². The molecule has 6 heteroatoms. The molecule has 0 radical (unpaired) electrons. The van der Waals surface area contributed by atoms with Crippen LogP contribution < -0.4 is 15.8 Å². The molecule has 1 fully saturated rings. The Bertz CT molecular complexity index is 619. The predicted octanol–water partition coefficient (Wildman–Crippen LogP) is 0.165. The molecule has 0 aliphatic carbocycles. The molecule has 0 amide bonds. The predicted molar refractivity (Wildman–Crippen MR) is 77.0 cm³/mol. The minimum atomic E-state index is -0.155. The van der Waals surface area contributed by atoms with E-state index in [4.69, 9.17) is 0 Å². The topological polar surface area (TPSA) is 73.9 Å². The van der Waals surface area contributed by atoms with Gasteiger partial charge in [0.25, 0.3) is 5.56 Å². The van der Waals surface area contributed by atoms with Crippen molar-refractivity contribution < 1.29 is 0 Å². The van der Waals surface area contributed by atoms with Crippen molar-refractivity contribution in [3.05, 3.63) is 51.9 Å². The molecule has 1 aliphatic rings. The maximum atomic E-state index is 12.1. The molecule has 3 rings (SSSR count). The third kappa shape index (κ3) is 2.85. The summed E-state index contributed by atoms with van der Waals surface area (Å²) in [6.07, 6.45) is 0.505. The first-order chi connectivity index (χ1) is 9.83. The van der Waals surface area contributed by atoms with Crippen LogP contribution in [0.25, 0.3) is 0 Å². The van der Waals surface area contributed by atoms with Gasteiger partial charge in [0.05, 0.1) is 0 Å². The van der Waals surface area contributed by atoms with Crippen molar-refractivity contribution in [3.8, 4) is 0 Å². The summed E-state index contributed by atoms with van der Waals surface area (Å²) in [5.74, 6) is 0.563. The van der Waals surface area contributed by atoms with E-state index < -0.39 is 0 Å². The molecule has 2 heterocycles. The van der Waals surface area contributed by atoms with Crippen LogP contribution in [0.15, 0.2) is 35.1 Å². The lowest BCUT2D eigenvalue weighted by Gasteiger charge is -2.27. The van der Waals surface area contributed by atoms with Gasteiger partial charge in [-0.25, -0.2) is 0 Å². The molecule has 1 saturated heterocycles. The second kappa shape index (κ2) is 5.83. The van der Waals surface area contributed by atoms with E-state index in [1.54, 1.807) is 0 Å². The SMILES string of the molecule is O=c1[nH]c(N2CCNCC2)nnc1Cc1ccccc1. The fraction of sp³-hybridized carbons (Fsp3) is 0.357. The maximum Gasteiger partial charge on any atom is 0.274 e. The number of anilines is 1. The van der Waals surface area contributed by atoms with Crippen LogP contribution in [0.1, 0.15) is 11.3 Å². The number of rotatable bonds is 3. The first-order valence-corrected chi connectivity index (χ1v) is 6.78. The van der Waals surface area contributed by atoms with Crippen LogP contribution in [0.3, 0.4) is 0 Å². The molecule has 6 nitrogen and oxygen atoms in total. The van der Waals surface area contributed by atoms with E-state index in [0.717, 1.165) is 31.7 Å². The zero-order valence-electron chi connectivity index (χ0n) is 11.2. The highest BCUT2D eigenvalue weighted by molar-refractivity contribution is 5.29. The molecule has 1 aromatic carbocycles. The largest absolute Gasteiger partial charge is 0.338 e. The van der Waals surface area contributed by atoms with E-state index >= 15 is 0 Å². The third-order valence-electron chi connectivity index (χ3n) is 3.38. The Morgan fingerprint density at radius 1 is 1.10 bits per heavy atom. The Hall–Kier alpha value is -2.21. The summed E-state index contributed by atoms with van der Waals surface area (Å²) in [4.78, 5) is 17.0. The first kappa shape index (κ1) is 12.8. The standard InChI is InChI=1S/C14H17N5O/c20-13-12(10-11-4-2-1-3-5-11)17-18-14(16-13)19-8-6-15-7-9-19/h1-5,15H,6-10H2,(H,16,18,20). The van der Waals surface area contributed by atoms with Crippen molar-refractivity contribution >= 4 is 5.95 Å². The molecular formula is C14H17N5O. The first-order valence-electron chi connectivity index (χ1n) is 6.78. The Balaban J connectivity index is 1.79. The van der Waals surface area contributed by atoms with E-state index in [-0.39, 0.29) is 5.56 Å². The highest BCUT2D eigenvalue weighted by Gasteiger charge is 2.14. The van der Waals surface area contributed by atoms with Gasteiger partial charge in [-0.2, -0.15) is 0 Å². The van der Waals surface area contributed by atoms with Crippen LogP contribution in [0.2, 0.25) is 0 Å². The van der Waals surface area contributed by atoms with Crippen LogP contribution in [0.5, 0.6) is 0 Å². The Morgan fingerprint density at radius 2 is 1.85 bits per heavy atom. The van der Waals surface area contributed by atoms with E-state index in [1.165, 1.54) is 0 Å². The number of benzene rings is 1. The molecular weight excluding hydrogens is 254 g/mol. The van der Waals surface area contributed by atoms with Crippen molar-refractivity contribution in [2.75, 3.05) is 31.1 Å². The molecule has 2 N–H and O–H groups in total. The van der Waals surface area contributed by atoms with E-state index in [9.17, 15) is 4.79 Å². The minimum Gasteiger partial charge on any atom is -0.338 e. The van der Waals surface area contributed by atoms with Crippen LogP contribution in [-0.4, -0.2) is 41.4 Å². The van der Waals surface area contributed by atoms with Gasteiger partial charge in [0.15, 0.2) is 0 Å². The number of aromatic amines is 1. The van der Waals surface area contributed by atoms with Gasteiger partial charge < -0.3 is 10.2 Å². The van der Waals surface area contributed by atoms with Crippen molar-refractivity contribution in [1.29, 1.82) is 0 Å². The van der Waals surface area contributed by atoms with Crippen LogP contribution in [-0.2, 0) is 6.42 Å². The van der Waals surface area contributed by atoms with Gasteiger partial charge in [-0.05, 0) is 5.56 Å². The van der Waals surface area contributed by atoms with Gasteiger partial charge in [-0.1, -0.05) is 30.3 Å². The number of aromatic nitrogens is 3. The lowest BCUT2D eigenvalue weighted by Crippen LogP contribution is -2.45. The van der Waals surface area contributed by atoms with Gasteiger partial charge in [-0.3, -0.25) is 9.78 Å². The highest BCUT2D eigenvalue weighted by atomic mass is 16.1. The number of hydrogen-bond acceptors (Lipinski definition) is 5. The lowest BCUT2D eigenvalue weighted by molar-refractivity contribution is 0.575. The number of hydrogen-bond donors (Lipinski definition) is 2. The van der Waals surface area contributed by atoms with Gasteiger partial charge in [0.1, 0.15) is 5.69 Å². The number of H-pyrrole nitrogens is 1. The molecule has 0 bridgehead atoms. The van der Waals surface area contributed by atoms with Gasteiger partial charge in [0, 0.05) is 32.6 Å². The fourth-order valence-electron chi connectivity index (χ4n) is 2.28. The van der Waals surface area contributed by atoms with Crippen molar-refractivity contribution in [1.82, 2.24) is 20.5 Å². The van der Waals surface area contributed by atoms with E-state index in [0.29, 0.717) is 18.1 Å². The Morgan fingerprint density at radius 3 is 2.55 bits per heavy atom. The normalized spacial score (nSPS) is 15.3. The Kier molecular flexibility index (Phi) is 3.73.